The van der Waals surface area contributed by atoms with Crippen molar-refractivity contribution in [1.29, 1.82) is 0 Å². The lowest BCUT2D eigenvalue weighted by Gasteiger charge is -2.11. The van der Waals surface area contributed by atoms with Gasteiger partial charge in [-0.15, -0.1) is 0 Å². The lowest BCUT2D eigenvalue weighted by molar-refractivity contribution is 0.244. The Kier molecular flexibility index (Phi) is 10.3. The van der Waals surface area contributed by atoms with E-state index in [-0.39, 0.29) is 0 Å². The van der Waals surface area contributed by atoms with Gasteiger partial charge < -0.3 is 3.07 Å². The zero-order valence-electron chi connectivity index (χ0n) is 8.31. The number of halogens is 1. The smallest absolute Gasteiger partial charge is 0.110 e. The first-order chi connectivity index (χ1) is 5.85. The maximum Gasteiger partial charge on any atom is 0.110 e. The van der Waals surface area contributed by atoms with E-state index < -0.39 is 0 Å². The molecule has 0 spiro atoms. The SMILES string of the molecule is CCCCCCC(CCC)OI. The predicted octanol–water partition coefficient (Wildman–Crippen LogP) is 4.49. The molecular weight excluding hydrogens is 263 g/mol. The monoisotopic (exact) mass is 284 g/mol. The molecule has 0 aliphatic rings. The number of hydrogen-bond acceptors (Lipinski definition) is 1. The molecule has 74 valence electrons. The molecule has 0 aromatic heterocycles. The topological polar surface area (TPSA) is 9.23 Å². The van der Waals surface area contributed by atoms with Crippen molar-refractivity contribution in [1.82, 2.24) is 0 Å². The van der Waals surface area contributed by atoms with Gasteiger partial charge in [-0.3, -0.25) is 0 Å². The average molecular weight is 284 g/mol. The summed E-state index contributed by atoms with van der Waals surface area (Å²) >= 11 is 2.03. The second-order valence-electron chi connectivity index (χ2n) is 3.35. The van der Waals surface area contributed by atoms with E-state index in [0.29, 0.717) is 6.10 Å². The normalized spacial score (nSPS) is 13.2. The molecule has 0 aromatic carbocycles. The van der Waals surface area contributed by atoms with Gasteiger partial charge in [0.2, 0.25) is 0 Å². The molecule has 0 saturated carbocycles. The molecule has 0 bridgehead atoms. The van der Waals surface area contributed by atoms with Crippen LogP contribution in [0.25, 0.3) is 0 Å². The highest BCUT2D eigenvalue weighted by atomic mass is 127. The van der Waals surface area contributed by atoms with Crippen LogP contribution in [0, 0.1) is 0 Å². The maximum absolute atomic E-state index is 5.34. The van der Waals surface area contributed by atoms with Crippen LogP contribution in [0.1, 0.15) is 58.8 Å². The average Bonchev–Trinajstić information content (AvgIpc) is 2.10. The van der Waals surface area contributed by atoms with E-state index in [0.717, 1.165) is 0 Å². The van der Waals surface area contributed by atoms with E-state index in [9.17, 15) is 0 Å². The molecule has 0 aliphatic heterocycles. The van der Waals surface area contributed by atoms with Crippen LogP contribution < -0.4 is 0 Å². The van der Waals surface area contributed by atoms with Crippen LogP contribution in [-0.4, -0.2) is 6.10 Å². The van der Waals surface area contributed by atoms with Crippen molar-refractivity contribution in [2.45, 2.75) is 64.9 Å². The van der Waals surface area contributed by atoms with E-state index in [4.69, 9.17) is 3.07 Å². The highest BCUT2D eigenvalue weighted by Gasteiger charge is 2.05. The van der Waals surface area contributed by atoms with E-state index in [2.05, 4.69) is 13.8 Å². The van der Waals surface area contributed by atoms with Crippen LogP contribution in [0.15, 0.2) is 0 Å². The summed E-state index contributed by atoms with van der Waals surface area (Å²) in [5.41, 5.74) is 0. The highest BCUT2D eigenvalue weighted by molar-refractivity contribution is 14.1. The Labute approximate surface area is 91.0 Å². The van der Waals surface area contributed by atoms with Gasteiger partial charge in [0.05, 0.1) is 6.10 Å². The molecule has 0 aliphatic carbocycles. The van der Waals surface area contributed by atoms with Gasteiger partial charge in [-0.2, -0.15) is 0 Å². The molecule has 1 nitrogen and oxygen atoms in total. The molecule has 1 unspecified atom stereocenters. The maximum atomic E-state index is 5.34. The first kappa shape index (κ1) is 12.7. The Bertz CT molecular complexity index is 85.9. The number of unbranched alkanes of at least 4 members (excludes halogenated alkanes) is 3. The molecule has 0 saturated heterocycles. The van der Waals surface area contributed by atoms with Gasteiger partial charge in [0, 0.05) is 0 Å². The summed E-state index contributed by atoms with van der Waals surface area (Å²) < 4.78 is 5.34. The Balaban J connectivity index is 3.19. The molecule has 12 heavy (non-hydrogen) atoms. The van der Waals surface area contributed by atoms with Gasteiger partial charge in [0.25, 0.3) is 0 Å². The van der Waals surface area contributed by atoms with E-state index in [1.165, 1.54) is 44.9 Å². The van der Waals surface area contributed by atoms with Gasteiger partial charge in [-0.25, -0.2) is 0 Å². The molecule has 0 amide bonds. The molecule has 0 fully saturated rings. The summed E-state index contributed by atoms with van der Waals surface area (Å²) in [6.07, 6.45) is 9.61. The van der Waals surface area contributed by atoms with Crippen LogP contribution in [0.3, 0.4) is 0 Å². The summed E-state index contributed by atoms with van der Waals surface area (Å²) in [6, 6.07) is 0. The minimum Gasteiger partial charge on any atom is -0.312 e. The molecule has 0 heterocycles. The lowest BCUT2D eigenvalue weighted by atomic mass is 10.1. The van der Waals surface area contributed by atoms with Crippen LogP contribution in [0.5, 0.6) is 0 Å². The van der Waals surface area contributed by atoms with Gasteiger partial charge in [-0.1, -0.05) is 46.0 Å². The molecule has 1 atom stereocenters. The fourth-order valence-electron chi connectivity index (χ4n) is 1.35. The predicted molar refractivity (Wildman–Crippen MR) is 62.6 cm³/mol. The third-order valence-corrected chi connectivity index (χ3v) is 2.84. The van der Waals surface area contributed by atoms with Gasteiger partial charge in [0.15, 0.2) is 0 Å². The summed E-state index contributed by atoms with van der Waals surface area (Å²) in [7, 11) is 0. The summed E-state index contributed by atoms with van der Waals surface area (Å²) in [5.74, 6) is 0. The van der Waals surface area contributed by atoms with Crippen LogP contribution in [0.4, 0.5) is 0 Å². The minimum atomic E-state index is 0.507. The van der Waals surface area contributed by atoms with E-state index in [1.54, 1.807) is 0 Å². The van der Waals surface area contributed by atoms with Crippen molar-refractivity contribution in [3.63, 3.8) is 0 Å². The molecule has 0 aromatic rings. The van der Waals surface area contributed by atoms with Crippen molar-refractivity contribution in [3.8, 4) is 0 Å². The largest absolute Gasteiger partial charge is 0.312 e. The minimum absolute atomic E-state index is 0.507. The Morgan fingerprint density at radius 1 is 1.00 bits per heavy atom. The van der Waals surface area contributed by atoms with E-state index in [1.807, 2.05) is 23.0 Å². The third-order valence-electron chi connectivity index (χ3n) is 2.12. The quantitative estimate of drug-likeness (QED) is 0.471. The molecule has 0 rings (SSSR count). The van der Waals surface area contributed by atoms with Crippen molar-refractivity contribution in [2.24, 2.45) is 0 Å². The standard InChI is InChI=1S/C10H21IO/c1-3-5-6-7-9-10(12-11)8-4-2/h10H,3-9H2,1-2H3. The van der Waals surface area contributed by atoms with Gasteiger partial charge >= 0.3 is 0 Å². The molecule has 0 radical (unpaired) electrons. The Morgan fingerprint density at radius 2 is 1.75 bits per heavy atom. The molecule has 2 heteroatoms. The lowest BCUT2D eigenvalue weighted by Crippen LogP contribution is -2.06. The fourth-order valence-corrected chi connectivity index (χ4v) is 1.86. The summed E-state index contributed by atoms with van der Waals surface area (Å²) in [4.78, 5) is 0. The number of rotatable bonds is 8. The van der Waals surface area contributed by atoms with Crippen molar-refractivity contribution in [3.05, 3.63) is 0 Å². The Morgan fingerprint density at radius 3 is 2.25 bits per heavy atom. The highest BCUT2D eigenvalue weighted by Crippen LogP contribution is 2.14. The van der Waals surface area contributed by atoms with E-state index >= 15 is 0 Å². The van der Waals surface area contributed by atoms with Crippen LogP contribution >= 0.6 is 23.0 Å². The van der Waals surface area contributed by atoms with Gasteiger partial charge in [-0.05, 0) is 12.8 Å². The second-order valence-corrected chi connectivity index (χ2v) is 3.86. The Hall–Kier alpha value is 0.690. The summed E-state index contributed by atoms with van der Waals surface area (Å²) in [5, 5.41) is 0. The zero-order valence-corrected chi connectivity index (χ0v) is 10.5. The van der Waals surface area contributed by atoms with Crippen molar-refractivity contribution >= 4 is 23.0 Å². The molecule has 0 N–H and O–H groups in total. The fraction of sp³-hybridized carbons (Fsp3) is 1.00. The molecular formula is C10H21IO. The zero-order chi connectivity index (χ0) is 9.23. The van der Waals surface area contributed by atoms with Crippen LogP contribution in [0.2, 0.25) is 0 Å². The van der Waals surface area contributed by atoms with Crippen LogP contribution in [-0.2, 0) is 3.07 Å². The summed E-state index contributed by atoms with van der Waals surface area (Å²) in [6.45, 7) is 4.47. The first-order valence-corrected chi connectivity index (χ1v) is 6.00. The third kappa shape index (κ3) is 7.35. The van der Waals surface area contributed by atoms with Crippen molar-refractivity contribution in [2.75, 3.05) is 0 Å². The number of hydrogen-bond donors (Lipinski definition) is 0. The van der Waals surface area contributed by atoms with Crippen molar-refractivity contribution < 1.29 is 3.07 Å². The first-order valence-electron chi connectivity index (χ1n) is 5.12. The second kappa shape index (κ2) is 9.78. The van der Waals surface area contributed by atoms with Gasteiger partial charge in [0.1, 0.15) is 23.0 Å².